The molecule has 0 radical (unpaired) electrons. The SMILES string of the molecule is COc1cccc(-c2csc3ncc(C(=O)NCC4CCCO4)c(=O)n23)c1. The van der Waals surface area contributed by atoms with Crippen LogP contribution in [0.4, 0.5) is 0 Å². The zero-order valence-electron chi connectivity index (χ0n) is 14.8. The average Bonchev–Trinajstić information content (AvgIpc) is 3.36. The first-order valence-electron chi connectivity index (χ1n) is 8.71. The van der Waals surface area contributed by atoms with Crippen molar-refractivity contribution in [3.8, 4) is 17.0 Å². The topological polar surface area (TPSA) is 81.9 Å². The number of hydrogen-bond donors (Lipinski definition) is 1. The highest BCUT2D eigenvalue weighted by atomic mass is 32.1. The zero-order valence-corrected chi connectivity index (χ0v) is 15.6. The number of thiazole rings is 1. The molecule has 140 valence electrons. The predicted molar refractivity (Wildman–Crippen MR) is 103 cm³/mol. The summed E-state index contributed by atoms with van der Waals surface area (Å²) in [5, 5.41) is 4.64. The summed E-state index contributed by atoms with van der Waals surface area (Å²) in [5.41, 5.74) is 1.14. The van der Waals surface area contributed by atoms with E-state index in [1.807, 2.05) is 29.6 Å². The van der Waals surface area contributed by atoms with Gasteiger partial charge in [0.25, 0.3) is 11.5 Å². The lowest BCUT2D eigenvalue weighted by Gasteiger charge is -2.10. The molecule has 2 aromatic heterocycles. The first kappa shape index (κ1) is 17.7. The van der Waals surface area contributed by atoms with Gasteiger partial charge in [0.2, 0.25) is 0 Å². The molecular weight excluding hydrogens is 366 g/mol. The van der Waals surface area contributed by atoms with Gasteiger partial charge < -0.3 is 14.8 Å². The van der Waals surface area contributed by atoms with E-state index >= 15 is 0 Å². The highest BCUT2D eigenvalue weighted by molar-refractivity contribution is 7.15. The maximum Gasteiger partial charge on any atom is 0.271 e. The monoisotopic (exact) mass is 385 g/mol. The molecule has 1 aliphatic rings. The summed E-state index contributed by atoms with van der Waals surface area (Å²) in [5.74, 6) is 0.263. The molecule has 27 heavy (non-hydrogen) atoms. The van der Waals surface area contributed by atoms with Crippen LogP contribution in [-0.2, 0) is 4.74 Å². The fourth-order valence-corrected chi connectivity index (χ4v) is 4.00. The van der Waals surface area contributed by atoms with Crippen LogP contribution in [0.1, 0.15) is 23.2 Å². The third-order valence-corrected chi connectivity index (χ3v) is 5.41. The molecule has 0 bridgehead atoms. The van der Waals surface area contributed by atoms with Crippen molar-refractivity contribution in [2.75, 3.05) is 20.3 Å². The Bertz CT molecular complexity index is 1040. The number of ether oxygens (including phenoxy) is 2. The van der Waals surface area contributed by atoms with Crippen molar-refractivity contribution in [2.24, 2.45) is 0 Å². The third-order valence-electron chi connectivity index (χ3n) is 4.57. The Balaban J connectivity index is 1.68. The van der Waals surface area contributed by atoms with Gasteiger partial charge in [0.15, 0.2) is 4.96 Å². The Labute approximate surface area is 159 Å². The minimum absolute atomic E-state index is 0.0156. The number of hydrogen-bond acceptors (Lipinski definition) is 6. The largest absolute Gasteiger partial charge is 0.497 e. The molecule has 1 amide bonds. The summed E-state index contributed by atoms with van der Waals surface area (Å²) in [6.45, 7) is 1.11. The molecular formula is C19H19N3O4S. The summed E-state index contributed by atoms with van der Waals surface area (Å²) in [6, 6.07) is 7.43. The minimum atomic E-state index is -0.430. The Morgan fingerprint density at radius 1 is 1.48 bits per heavy atom. The van der Waals surface area contributed by atoms with E-state index < -0.39 is 5.91 Å². The Hall–Kier alpha value is -2.71. The van der Waals surface area contributed by atoms with Gasteiger partial charge in [-0.25, -0.2) is 4.98 Å². The molecule has 3 heterocycles. The van der Waals surface area contributed by atoms with Crippen molar-refractivity contribution in [3.63, 3.8) is 0 Å². The van der Waals surface area contributed by atoms with E-state index in [9.17, 15) is 9.59 Å². The lowest BCUT2D eigenvalue weighted by Crippen LogP contribution is -2.36. The number of nitrogens with one attached hydrogen (secondary N) is 1. The predicted octanol–water partition coefficient (Wildman–Crippen LogP) is 2.34. The van der Waals surface area contributed by atoms with Crippen molar-refractivity contribution in [3.05, 3.63) is 51.8 Å². The number of benzene rings is 1. The van der Waals surface area contributed by atoms with Gasteiger partial charge in [-0.05, 0) is 25.0 Å². The summed E-state index contributed by atoms with van der Waals surface area (Å²) in [7, 11) is 1.59. The van der Waals surface area contributed by atoms with Gasteiger partial charge >= 0.3 is 0 Å². The summed E-state index contributed by atoms with van der Waals surface area (Å²) >= 11 is 1.35. The molecule has 1 aromatic carbocycles. The lowest BCUT2D eigenvalue weighted by molar-refractivity contribution is 0.0856. The molecule has 0 spiro atoms. The maximum atomic E-state index is 13.0. The fraction of sp³-hybridized carbons (Fsp3) is 0.316. The Kier molecular flexibility index (Phi) is 4.91. The van der Waals surface area contributed by atoms with E-state index in [1.54, 1.807) is 7.11 Å². The molecule has 0 saturated carbocycles. The lowest BCUT2D eigenvalue weighted by atomic mass is 10.1. The highest BCUT2D eigenvalue weighted by Gasteiger charge is 2.20. The van der Waals surface area contributed by atoms with Gasteiger partial charge in [-0.1, -0.05) is 12.1 Å². The molecule has 1 N–H and O–H groups in total. The zero-order chi connectivity index (χ0) is 18.8. The number of carbonyl (C=O) groups is 1. The van der Waals surface area contributed by atoms with Gasteiger partial charge in [0, 0.05) is 30.3 Å². The number of aromatic nitrogens is 2. The van der Waals surface area contributed by atoms with Crippen LogP contribution in [0.5, 0.6) is 5.75 Å². The van der Waals surface area contributed by atoms with Gasteiger partial charge in [0.1, 0.15) is 11.3 Å². The molecule has 1 fully saturated rings. The van der Waals surface area contributed by atoms with Gasteiger partial charge in [-0.15, -0.1) is 11.3 Å². The Morgan fingerprint density at radius 2 is 2.37 bits per heavy atom. The van der Waals surface area contributed by atoms with Gasteiger partial charge in [-0.2, -0.15) is 0 Å². The van der Waals surface area contributed by atoms with Gasteiger partial charge in [0.05, 0.1) is 18.9 Å². The fourth-order valence-electron chi connectivity index (χ4n) is 3.14. The van der Waals surface area contributed by atoms with Crippen molar-refractivity contribution in [1.82, 2.24) is 14.7 Å². The average molecular weight is 385 g/mol. The normalized spacial score (nSPS) is 16.6. The summed E-state index contributed by atoms with van der Waals surface area (Å²) < 4.78 is 12.2. The van der Waals surface area contributed by atoms with Crippen LogP contribution >= 0.6 is 11.3 Å². The van der Waals surface area contributed by atoms with Crippen molar-refractivity contribution < 1.29 is 14.3 Å². The number of amides is 1. The molecule has 7 nitrogen and oxygen atoms in total. The third kappa shape index (κ3) is 3.45. The van der Waals surface area contributed by atoms with Crippen molar-refractivity contribution in [2.45, 2.75) is 18.9 Å². The van der Waals surface area contributed by atoms with E-state index in [0.29, 0.717) is 22.9 Å². The molecule has 1 atom stereocenters. The van der Waals surface area contributed by atoms with Crippen LogP contribution in [-0.4, -0.2) is 41.7 Å². The highest BCUT2D eigenvalue weighted by Crippen LogP contribution is 2.26. The molecule has 3 aromatic rings. The Morgan fingerprint density at radius 3 is 3.15 bits per heavy atom. The second-order valence-electron chi connectivity index (χ2n) is 6.29. The molecule has 1 aliphatic heterocycles. The second kappa shape index (κ2) is 7.50. The molecule has 0 aliphatic carbocycles. The first-order chi connectivity index (χ1) is 13.2. The summed E-state index contributed by atoms with van der Waals surface area (Å²) in [6.07, 6.45) is 3.27. The number of fused-ring (bicyclic) bond motifs is 1. The smallest absolute Gasteiger partial charge is 0.271 e. The van der Waals surface area contributed by atoms with E-state index in [-0.39, 0.29) is 17.2 Å². The summed E-state index contributed by atoms with van der Waals surface area (Å²) in [4.78, 5) is 30.3. The van der Waals surface area contributed by atoms with Crippen molar-refractivity contribution >= 4 is 22.2 Å². The number of carbonyl (C=O) groups excluding carboxylic acids is 1. The van der Waals surface area contributed by atoms with Crippen LogP contribution in [0.2, 0.25) is 0 Å². The van der Waals surface area contributed by atoms with Crippen LogP contribution < -0.4 is 15.6 Å². The van der Waals surface area contributed by atoms with Crippen LogP contribution in [0.25, 0.3) is 16.2 Å². The number of rotatable bonds is 5. The number of methoxy groups -OCH3 is 1. The van der Waals surface area contributed by atoms with E-state index in [0.717, 1.165) is 25.0 Å². The molecule has 8 heteroatoms. The maximum absolute atomic E-state index is 13.0. The first-order valence-corrected chi connectivity index (χ1v) is 9.59. The van der Waals surface area contributed by atoms with Crippen LogP contribution in [0.15, 0.2) is 40.6 Å². The van der Waals surface area contributed by atoms with Crippen LogP contribution in [0.3, 0.4) is 0 Å². The van der Waals surface area contributed by atoms with E-state index in [2.05, 4.69) is 10.3 Å². The molecule has 4 rings (SSSR count). The molecule has 1 saturated heterocycles. The van der Waals surface area contributed by atoms with Gasteiger partial charge in [-0.3, -0.25) is 14.0 Å². The van der Waals surface area contributed by atoms with Crippen molar-refractivity contribution in [1.29, 1.82) is 0 Å². The quantitative estimate of drug-likeness (QED) is 0.729. The standard InChI is InChI=1S/C19H19N3O4S/c1-25-13-5-2-4-12(8-13)16-11-27-19-21-10-15(18(24)22(16)19)17(23)20-9-14-6-3-7-26-14/h2,4-5,8,10-11,14H,3,6-7,9H2,1H3,(H,20,23). The number of nitrogens with zero attached hydrogens (tertiary/aromatic N) is 2. The van der Waals surface area contributed by atoms with Crippen LogP contribution in [0, 0.1) is 0 Å². The minimum Gasteiger partial charge on any atom is -0.497 e. The van der Waals surface area contributed by atoms with E-state index in [1.165, 1.54) is 21.9 Å². The second-order valence-corrected chi connectivity index (χ2v) is 7.13. The van der Waals surface area contributed by atoms with E-state index in [4.69, 9.17) is 9.47 Å². The molecule has 1 unspecified atom stereocenters.